The van der Waals surface area contributed by atoms with Crippen LogP contribution in [0, 0.1) is 5.41 Å². The van der Waals surface area contributed by atoms with Crippen molar-refractivity contribution in [3.8, 4) is 5.75 Å². The number of aromatic amines is 1. The molecule has 3 heterocycles. The van der Waals surface area contributed by atoms with Crippen LogP contribution in [0.2, 0.25) is 0 Å². The first-order valence-electron chi connectivity index (χ1n) is 6.90. The molecule has 2 atom stereocenters. The third kappa shape index (κ3) is 2.05. The molecular weight excluding hydrogens is 338 g/mol. The van der Waals surface area contributed by atoms with Gasteiger partial charge in [-0.1, -0.05) is 29.5 Å². The number of hydrogen-bond acceptors (Lipinski definition) is 6. The number of para-hydroxylation sites is 1. The van der Waals surface area contributed by atoms with Crippen molar-refractivity contribution >= 4 is 35.0 Å². The Morgan fingerprint density at radius 3 is 2.96 bits per heavy atom. The fourth-order valence-corrected chi connectivity index (χ4v) is 5.83. The molecule has 0 saturated heterocycles. The summed E-state index contributed by atoms with van der Waals surface area (Å²) in [5.41, 5.74) is -0.437. The molecule has 0 unspecified atom stereocenters. The van der Waals surface area contributed by atoms with Crippen LogP contribution in [-0.2, 0) is 9.59 Å². The zero-order chi connectivity index (χ0) is 16.2. The normalized spacial score (nSPS) is 25.0. The first-order valence-corrected chi connectivity index (χ1v) is 8.70. The summed E-state index contributed by atoms with van der Waals surface area (Å²) in [7, 11) is 0. The molecule has 0 bridgehead atoms. The van der Waals surface area contributed by atoms with Crippen molar-refractivity contribution in [2.24, 2.45) is 5.41 Å². The van der Waals surface area contributed by atoms with Gasteiger partial charge in [0.2, 0.25) is 0 Å². The number of thiazole rings is 1. The number of nitrogens with one attached hydrogen (secondary N) is 1. The van der Waals surface area contributed by atoms with Gasteiger partial charge in [-0.2, -0.15) is 0 Å². The standard InChI is InChI=1S/C15H11NO5S2/c17-9(18)5-15-6-22-12-11(23-14(20)16-12)10(15)7-3-1-2-4-8(7)21-13(15)19/h1-4,10H,5-6H2,(H,16,20)(H,17,18)/t10-,15+/m1/s1. The number of fused-ring (bicyclic) bond motifs is 5. The van der Waals surface area contributed by atoms with E-state index in [1.54, 1.807) is 12.1 Å². The lowest BCUT2D eigenvalue weighted by Crippen LogP contribution is -2.48. The SMILES string of the molecule is O=C(O)C[C@]12CSc3[nH]c(=O)sc3[C@H]1c1ccccc1OC2=O. The highest BCUT2D eigenvalue weighted by molar-refractivity contribution is 7.99. The van der Waals surface area contributed by atoms with Gasteiger partial charge in [-0.15, -0.1) is 11.8 Å². The minimum absolute atomic E-state index is 0.204. The molecule has 2 aromatic rings. The van der Waals surface area contributed by atoms with E-state index < -0.39 is 23.3 Å². The van der Waals surface area contributed by atoms with Gasteiger partial charge in [-0.05, 0) is 6.07 Å². The Balaban J connectivity index is 2.00. The van der Waals surface area contributed by atoms with Crippen LogP contribution in [0.25, 0.3) is 0 Å². The quantitative estimate of drug-likeness (QED) is 0.636. The molecule has 118 valence electrons. The lowest BCUT2D eigenvalue weighted by Gasteiger charge is -2.43. The Labute approximate surface area is 138 Å². The van der Waals surface area contributed by atoms with Gasteiger partial charge in [0.05, 0.1) is 11.4 Å². The highest BCUT2D eigenvalue weighted by Gasteiger charge is 2.57. The number of rotatable bonds is 2. The first-order chi connectivity index (χ1) is 11.0. The number of carboxylic acid groups (broad SMARTS) is 1. The Bertz CT molecular complexity index is 886. The number of carbonyl (C=O) groups is 2. The van der Waals surface area contributed by atoms with Crippen LogP contribution in [0.15, 0.2) is 34.1 Å². The summed E-state index contributed by atoms with van der Waals surface area (Å²) in [6, 6.07) is 7.09. The number of hydrogen-bond donors (Lipinski definition) is 2. The van der Waals surface area contributed by atoms with Crippen LogP contribution >= 0.6 is 23.1 Å². The van der Waals surface area contributed by atoms with E-state index in [0.717, 1.165) is 26.8 Å². The number of carboxylic acids is 1. The van der Waals surface area contributed by atoms with Crippen molar-refractivity contribution < 1.29 is 19.4 Å². The van der Waals surface area contributed by atoms with Crippen LogP contribution in [0.3, 0.4) is 0 Å². The molecule has 0 fully saturated rings. The monoisotopic (exact) mass is 349 g/mol. The van der Waals surface area contributed by atoms with E-state index in [1.165, 1.54) is 11.8 Å². The van der Waals surface area contributed by atoms with Gasteiger partial charge in [-0.3, -0.25) is 14.4 Å². The molecule has 0 aliphatic carbocycles. The van der Waals surface area contributed by atoms with E-state index in [0.29, 0.717) is 5.75 Å². The molecule has 0 spiro atoms. The predicted molar refractivity (Wildman–Crippen MR) is 84.3 cm³/mol. The Morgan fingerprint density at radius 1 is 1.39 bits per heavy atom. The topological polar surface area (TPSA) is 96.5 Å². The van der Waals surface area contributed by atoms with Crippen LogP contribution in [0.4, 0.5) is 0 Å². The minimum Gasteiger partial charge on any atom is -0.481 e. The Hall–Kier alpha value is -2.06. The molecule has 2 N–H and O–H groups in total. The molecular formula is C15H11NO5S2. The summed E-state index contributed by atoms with van der Waals surface area (Å²) in [5.74, 6) is -1.38. The molecule has 0 amide bonds. The third-order valence-corrected chi connectivity index (χ3v) is 6.58. The van der Waals surface area contributed by atoms with Crippen LogP contribution in [-0.4, -0.2) is 27.8 Å². The van der Waals surface area contributed by atoms with Gasteiger partial charge in [0.15, 0.2) is 0 Å². The molecule has 1 aromatic carbocycles. The number of esters is 1. The average molecular weight is 349 g/mol. The first kappa shape index (κ1) is 14.5. The van der Waals surface area contributed by atoms with E-state index in [1.807, 2.05) is 12.1 Å². The Morgan fingerprint density at radius 2 is 2.17 bits per heavy atom. The number of thioether (sulfide) groups is 1. The van der Waals surface area contributed by atoms with Gasteiger partial charge >= 0.3 is 16.8 Å². The highest BCUT2D eigenvalue weighted by atomic mass is 32.2. The van der Waals surface area contributed by atoms with E-state index >= 15 is 0 Å². The zero-order valence-electron chi connectivity index (χ0n) is 11.7. The van der Waals surface area contributed by atoms with Gasteiger partial charge in [0.1, 0.15) is 11.2 Å². The van der Waals surface area contributed by atoms with Crippen molar-refractivity contribution in [3.63, 3.8) is 0 Å². The summed E-state index contributed by atoms with van der Waals surface area (Å²) in [6.07, 6.45) is -0.330. The van der Waals surface area contributed by atoms with E-state index in [4.69, 9.17) is 4.74 Å². The molecule has 0 radical (unpaired) electrons. The molecule has 23 heavy (non-hydrogen) atoms. The lowest BCUT2D eigenvalue weighted by atomic mass is 9.68. The summed E-state index contributed by atoms with van der Waals surface area (Å²) >= 11 is 2.34. The Kier molecular flexibility index (Phi) is 3.14. The molecule has 1 aromatic heterocycles. The van der Waals surface area contributed by atoms with Crippen LogP contribution < -0.4 is 9.61 Å². The van der Waals surface area contributed by atoms with Crippen LogP contribution in [0.5, 0.6) is 5.75 Å². The molecule has 2 aliphatic rings. The second-order valence-electron chi connectivity index (χ2n) is 5.58. The van der Waals surface area contributed by atoms with Gasteiger partial charge < -0.3 is 14.8 Å². The molecule has 6 nitrogen and oxygen atoms in total. The van der Waals surface area contributed by atoms with Crippen molar-refractivity contribution in [1.82, 2.24) is 4.98 Å². The summed E-state index contributed by atoms with van der Waals surface area (Å²) in [5, 5.41) is 10.1. The maximum absolute atomic E-state index is 12.7. The van der Waals surface area contributed by atoms with Crippen molar-refractivity contribution in [3.05, 3.63) is 44.4 Å². The van der Waals surface area contributed by atoms with Crippen LogP contribution in [0.1, 0.15) is 22.8 Å². The predicted octanol–water partition coefficient (Wildman–Crippen LogP) is 2.05. The van der Waals surface area contributed by atoms with Gasteiger partial charge in [-0.25, -0.2) is 0 Å². The third-order valence-electron chi connectivity index (χ3n) is 4.24. The minimum atomic E-state index is -1.19. The number of benzene rings is 1. The molecule has 2 aliphatic heterocycles. The van der Waals surface area contributed by atoms with Gasteiger partial charge in [0.25, 0.3) is 0 Å². The fraction of sp³-hybridized carbons (Fsp3) is 0.267. The van der Waals surface area contributed by atoms with E-state index in [9.17, 15) is 19.5 Å². The van der Waals surface area contributed by atoms with Crippen molar-refractivity contribution in [2.45, 2.75) is 17.4 Å². The lowest BCUT2D eigenvalue weighted by molar-refractivity contribution is -0.154. The molecule has 4 rings (SSSR count). The summed E-state index contributed by atoms with van der Waals surface area (Å²) in [6.45, 7) is 0. The highest BCUT2D eigenvalue weighted by Crippen LogP contribution is 2.58. The van der Waals surface area contributed by atoms with Crippen molar-refractivity contribution in [1.29, 1.82) is 0 Å². The number of H-pyrrole nitrogens is 1. The van der Waals surface area contributed by atoms with Crippen molar-refractivity contribution in [2.75, 3.05) is 5.75 Å². The number of aliphatic carboxylic acids is 1. The number of ether oxygens (including phenoxy) is 1. The maximum atomic E-state index is 12.7. The average Bonchev–Trinajstić information content (AvgIpc) is 2.87. The molecule has 8 heteroatoms. The second-order valence-corrected chi connectivity index (χ2v) is 7.58. The maximum Gasteiger partial charge on any atom is 0.319 e. The van der Waals surface area contributed by atoms with E-state index in [2.05, 4.69) is 4.98 Å². The zero-order valence-corrected chi connectivity index (χ0v) is 13.3. The smallest absolute Gasteiger partial charge is 0.319 e. The largest absolute Gasteiger partial charge is 0.481 e. The van der Waals surface area contributed by atoms with Gasteiger partial charge in [0, 0.05) is 22.1 Å². The fourth-order valence-electron chi connectivity index (χ4n) is 3.28. The summed E-state index contributed by atoms with van der Waals surface area (Å²) in [4.78, 5) is 39.1. The second kappa shape index (κ2) is 4.97. The number of carbonyl (C=O) groups excluding carboxylic acids is 1. The summed E-state index contributed by atoms with van der Waals surface area (Å²) < 4.78 is 5.43. The number of aromatic nitrogens is 1. The molecule has 0 saturated carbocycles. The van der Waals surface area contributed by atoms with E-state index in [-0.39, 0.29) is 17.0 Å².